The molecular formula is C14H14Cl2N2O. The van der Waals surface area contributed by atoms with E-state index < -0.39 is 0 Å². The number of hydrogen-bond donors (Lipinski definition) is 0. The average Bonchev–Trinajstić information content (AvgIpc) is 2.42. The number of halogens is 2. The summed E-state index contributed by atoms with van der Waals surface area (Å²) in [6.07, 6.45) is 0.720. The van der Waals surface area contributed by atoms with Crippen molar-refractivity contribution in [1.82, 2.24) is 9.97 Å². The number of aromatic nitrogens is 2. The number of rotatable bonds is 4. The fourth-order valence-electron chi connectivity index (χ4n) is 1.54. The summed E-state index contributed by atoms with van der Waals surface area (Å²) in [7, 11) is 0. The quantitative estimate of drug-likeness (QED) is 0.792. The molecule has 0 aliphatic rings. The van der Waals surface area contributed by atoms with Crippen LogP contribution in [0.2, 0.25) is 10.2 Å². The van der Waals surface area contributed by atoms with Crippen molar-refractivity contribution in [2.24, 2.45) is 0 Å². The van der Waals surface area contributed by atoms with Gasteiger partial charge in [0, 0.05) is 17.0 Å². The first-order chi connectivity index (χ1) is 9.10. The van der Waals surface area contributed by atoms with Crippen molar-refractivity contribution < 1.29 is 4.74 Å². The summed E-state index contributed by atoms with van der Waals surface area (Å²) in [6, 6.07) is 7.50. The van der Waals surface area contributed by atoms with Crippen LogP contribution in [0.15, 0.2) is 24.3 Å². The molecule has 0 aliphatic heterocycles. The first-order valence-corrected chi connectivity index (χ1v) is 6.76. The molecule has 0 bridgehead atoms. The molecule has 0 spiro atoms. The maximum atomic E-state index is 6.05. The van der Waals surface area contributed by atoms with E-state index in [2.05, 4.69) is 9.97 Å². The zero-order valence-electron chi connectivity index (χ0n) is 10.8. The standard InChI is InChI=1S/C14H14Cl2N2O/c1-3-12-17-13(16)9(2)14(18-12)19-8-10-4-6-11(15)7-5-10/h4-7H,3,8H2,1-2H3. The smallest absolute Gasteiger partial charge is 0.221 e. The lowest BCUT2D eigenvalue weighted by Gasteiger charge is -2.10. The van der Waals surface area contributed by atoms with Crippen molar-refractivity contribution in [2.75, 3.05) is 0 Å². The molecule has 0 saturated carbocycles. The summed E-state index contributed by atoms with van der Waals surface area (Å²) in [6.45, 7) is 4.25. The summed E-state index contributed by atoms with van der Waals surface area (Å²) in [5.74, 6) is 1.22. The number of benzene rings is 1. The molecule has 100 valence electrons. The highest BCUT2D eigenvalue weighted by Gasteiger charge is 2.09. The zero-order valence-corrected chi connectivity index (χ0v) is 12.3. The normalized spacial score (nSPS) is 10.5. The van der Waals surface area contributed by atoms with Gasteiger partial charge in [0.1, 0.15) is 17.6 Å². The van der Waals surface area contributed by atoms with Gasteiger partial charge in [0.15, 0.2) is 0 Å². The Labute approximate surface area is 122 Å². The first kappa shape index (κ1) is 14.1. The van der Waals surface area contributed by atoms with E-state index in [0.717, 1.165) is 17.5 Å². The average molecular weight is 297 g/mol. The highest BCUT2D eigenvalue weighted by Crippen LogP contribution is 2.23. The fourth-order valence-corrected chi connectivity index (χ4v) is 1.85. The predicted molar refractivity (Wildman–Crippen MR) is 76.9 cm³/mol. The molecule has 2 aromatic rings. The van der Waals surface area contributed by atoms with Gasteiger partial charge in [0.2, 0.25) is 5.88 Å². The van der Waals surface area contributed by atoms with Crippen molar-refractivity contribution >= 4 is 23.2 Å². The maximum Gasteiger partial charge on any atom is 0.221 e. The third kappa shape index (κ3) is 3.58. The van der Waals surface area contributed by atoms with Gasteiger partial charge in [-0.2, -0.15) is 4.98 Å². The Kier molecular flexibility index (Phi) is 4.61. The lowest BCUT2D eigenvalue weighted by molar-refractivity contribution is 0.290. The summed E-state index contributed by atoms with van der Waals surface area (Å²) >= 11 is 11.9. The van der Waals surface area contributed by atoms with E-state index in [0.29, 0.717) is 28.5 Å². The Morgan fingerprint density at radius 1 is 1.11 bits per heavy atom. The Morgan fingerprint density at radius 3 is 2.42 bits per heavy atom. The summed E-state index contributed by atoms with van der Waals surface area (Å²) in [4.78, 5) is 8.52. The lowest BCUT2D eigenvalue weighted by atomic mass is 10.2. The van der Waals surface area contributed by atoms with Gasteiger partial charge in [-0.25, -0.2) is 4.98 Å². The summed E-state index contributed by atoms with van der Waals surface area (Å²) < 4.78 is 5.71. The molecule has 0 unspecified atom stereocenters. The highest BCUT2D eigenvalue weighted by molar-refractivity contribution is 6.30. The minimum Gasteiger partial charge on any atom is -0.472 e. The molecule has 0 N–H and O–H groups in total. The fraction of sp³-hybridized carbons (Fsp3) is 0.286. The van der Waals surface area contributed by atoms with Gasteiger partial charge < -0.3 is 4.74 Å². The lowest BCUT2D eigenvalue weighted by Crippen LogP contribution is -2.03. The van der Waals surface area contributed by atoms with Crippen LogP contribution in [0.4, 0.5) is 0 Å². The van der Waals surface area contributed by atoms with Gasteiger partial charge in [0.25, 0.3) is 0 Å². The van der Waals surface area contributed by atoms with Crippen LogP contribution in [-0.2, 0) is 13.0 Å². The molecule has 2 rings (SSSR count). The molecule has 0 radical (unpaired) electrons. The molecule has 1 aromatic carbocycles. The number of nitrogens with zero attached hydrogens (tertiary/aromatic N) is 2. The third-order valence-corrected chi connectivity index (χ3v) is 3.31. The van der Waals surface area contributed by atoms with Crippen LogP contribution < -0.4 is 4.74 Å². The molecule has 0 aliphatic carbocycles. The number of hydrogen-bond acceptors (Lipinski definition) is 3. The van der Waals surface area contributed by atoms with Gasteiger partial charge in [-0.1, -0.05) is 42.3 Å². The SMILES string of the molecule is CCc1nc(Cl)c(C)c(OCc2ccc(Cl)cc2)n1. The van der Waals surface area contributed by atoms with Crippen molar-refractivity contribution in [3.8, 4) is 5.88 Å². The van der Waals surface area contributed by atoms with Gasteiger partial charge in [-0.05, 0) is 24.6 Å². The van der Waals surface area contributed by atoms with E-state index >= 15 is 0 Å². The van der Waals surface area contributed by atoms with Crippen molar-refractivity contribution in [3.05, 3.63) is 51.4 Å². The van der Waals surface area contributed by atoms with Gasteiger partial charge in [-0.15, -0.1) is 0 Å². The third-order valence-electron chi connectivity index (χ3n) is 2.69. The Morgan fingerprint density at radius 2 is 1.79 bits per heavy atom. The summed E-state index contributed by atoms with van der Waals surface area (Å²) in [5.41, 5.74) is 1.78. The van der Waals surface area contributed by atoms with Crippen LogP contribution in [0.1, 0.15) is 23.9 Å². The van der Waals surface area contributed by atoms with Crippen LogP contribution in [-0.4, -0.2) is 9.97 Å². The molecule has 1 aromatic heterocycles. The van der Waals surface area contributed by atoms with Crippen LogP contribution >= 0.6 is 23.2 Å². The predicted octanol–water partition coefficient (Wildman–Crippen LogP) is 4.23. The molecule has 0 amide bonds. The van der Waals surface area contributed by atoms with E-state index in [1.54, 1.807) is 0 Å². The molecule has 0 atom stereocenters. The van der Waals surface area contributed by atoms with Crippen molar-refractivity contribution in [3.63, 3.8) is 0 Å². The summed E-state index contributed by atoms with van der Waals surface area (Å²) in [5, 5.41) is 1.15. The molecule has 0 saturated heterocycles. The van der Waals surface area contributed by atoms with Gasteiger partial charge in [-0.3, -0.25) is 0 Å². The second kappa shape index (κ2) is 6.22. The second-order valence-electron chi connectivity index (χ2n) is 4.13. The Balaban J connectivity index is 2.14. The molecule has 3 nitrogen and oxygen atoms in total. The molecule has 19 heavy (non-hydrogen) atoms. The molecule has 0 fully saturated rings. The number of aryl methyl sites for hydroxylation is 1. The van der Waals surface area contributed by atoms with Crippen LogP contribution in [0.5, 0.6) is 5.88 Å². The van der Waals surface area contributed by atoms with E-state index in [4.69, 9.17) is 27.9 Å². The number of ether oxygens (including phenoxy) is 1. The Hall–Kier alpha value is -1.32. The van der Waals surface area contributed by atoms with Crippen LogP contribution in [0.25, 0.3) is 0 Å². The minimum absolute atomic E-state index is 0.425. The molecule has 1 heterocycles. The van der Waals surface area contributed by atoms with Crippen molar-refractivity contribution in [1.29, 1.82) is 0 Å². The molecular weight excluding hydrogens is 283 g/mol. The maximum absolute atomic E-state index is 6.05. The zero-order chi connectivity index (χ0) is 13.8. The van der Waals surface area contributed by atoms with Crippen LogP contribution in [0.3, 0.4) is 0 Å². The minimum atomic E-state index is 0.425. The van der Waals surface area contributed by atoms with Crippen LogP contribution in [0, 0.1) is 6.92 Å². The van der Waals surface area contributed by atoms with E-state index in [1.807, 2.05) is 38.1 Å². The van der Waals surface area contributed by atoms with Gasteiger partial charge >= 0.3 is 0 Å². The topological polar surface area (TPSA) is 35.0 Å². The van der Waals surface area contributed by atoms with Gasteiger partial charge in [0.05, 0.1) is 0 Å². The highest BCUT2D eigenvalue weighted by atomic mass is 35.5. The first-order valence-electron chi connectivity index (χ1n) is 6.00. The van der Waals surface area contributed by atoms with Crippen molar-refractivity contribution in [2.45, 2.75) is 26.9 Å². The second-order valence-corrected chi connectivity index (χ2v) is 4.92. The van der Waals surface area contributed by atoms with E-state index in [1.165, 1.54) is 0 Å². The molecule has 5 heteroatoms. The van der Waals surface area contributed by atoms with E-state index in [-0.39, 0.29) is 0 Å². The van der Waals surface area contributed by atoms with E-state index in [9.17, 15) is 0 Å². The Bertz CT molecular complexity index is 570. The largest absolute Gasteiger partial charge is 0.472 e. The monoisotopic (exact) mass is 296 g/mol.